The molecule has 10 nitrogen and oxygen atoms in total. The molecule has 5 rings (SSSR count). The van der Waals surface area contributed by atoms with E-state index in [0.29, 0.717) is 54.0 Å². The van der Waals surface area contributed by atoms with Gasteiger partial charge in [-0.2, -0.15) is 0 Å². The van der Waals surface area contributed by atoms with Crippen LogP contribution in [0.3, 0.4) is 0 Å². The fourth-order valence-corrected chi connectivity index (χ4v) is 5.52. The Balaban J connectivity index is 1.40. The largest absolute Gasteiger partial charge is 0.465 e. The van der Waals surface area contributed by atoms with Crippen molar-refractivity contribution in [1.82, 2.24) is 24.4 Å². The number of hydrogen-bond donors (Lipinski definition) is 2. The molecular formula is C20H21BrN6O4S. The SMILES string of the molecule is Nc1ncnc2c1nc(Sc1cc3c(cc1Br)OCO3)n2CCC1CCN(C(=O)O)CC1. The highest BCUT2D eigenvalue weighted by molar-refractivity contribution is 9.10. The van der Waals surface area contributed by atoms with Gasteiger partial charge in [0.2, 0.25) is 6.79 Å². The Morgan fingerprint density at radius 3 is 2.75 bits per heavy atom. The van der Waals surface area contributed by atoms with E-state index in [0.717, 1.165) is 33.8 Å². The van der Waals surface area contributed by atoms with Gasteiger partial charge in [-0.3, -0.25) is 0 Å². The maximum atomic E-state index is 11.2. The van der Waals surface area contributed by atoms with E-state index in [9.17, 15) is 9.90 Å². The summed E-state index contributed by atoms with van der Waals surface area (Å²) >= 11 is 5.10. The van der Waals surface area contributed by atoms with Crippen molar-refractivity contribution in [2.24, 2.45) is 5.92 Å². The number of nitrogens with two attached hydrogens (primary N) is 1. The first-order valence-corrected chi connectivity index (χ1v) is 11.8. The molecule has 0 saturated carbocycles. The summed E-state index contributed by atoms with van der Waals surface area (Å²) in [6.45, 7) is 2.06. The van der Waals surface area contributed by atoms with Gasteiger partial charge in [0.25, 0.3) is 0 Å². The van der Waals surface area contributed by atoms with Crippen LogP contribution in [0.4, 0.5) is 10.6 Å². The fourth-order valence-electron chi connectivity index (χ4n) is 4.01. The van der Waals surface area contributed by atoms with Gasteiger partial charge < -0.3 is 29.8 Å². The molecule has 0 bridgehead atoms. The number of ether oxygens (including phenoxy) is 2. The molecule has 2 aliphatic rings. The smallest absolute Gasteiger partial charge is 0.407 e. The van der Waals surface area contributed by atoms with Crippen LogP contribution in [-0.4, -0.2) is 55.5 Å². The molecule has 3 aromatic rings. The zero-order chi connectivity index (χ0) is 22.2. The lowest BCUT2D eigenvalue weighted by atomic mass is 9.94. The molecule has 1 fully saturated rings. The van der Waals surface area contributed by atoms with Gasteiger partial charge in [0.15, 0.2) is 33.6 Å². The molecule has 12 heteroatoms. The summed E-state index contributed by atoms with van der Waals surface area (Å²) in [5.74, 6) is 2.19. The summed E-state index contributed by atoms with van der Waals surface area (Å²) in [7, 11) is 0. The lowest BCUT2D eigenvalue weighted by Crippen LogP contribution is -2.37. The number of carboxylic acid groups (broad SMARTS) is 1. The summed E-state index contributed by atoms with van der Waals surface area (Å²) in [5, 5.41) is 9.93. The van der Waals surface area contributed by atoms with Crippen LogP contribution in [0.25, 0.3) is 11.2 Å². The fraction of sp³-hybridized carbons (Fsp3) is 0.400. The van der Waals surface area contributed by atoms with Crippen LogP contribution in [-0.2, 0) is 6.54 Å². The number of carbonyl (C=O) groups is 1. The Bertz CT molecular complexity index is 1180. The van der Waals surface area contributed by atoms with Crippen molar-refractivity contribution < 1.29 is 19.4 Å². The lowest BCUT2D eigenvalue weighted by molar-refractivity contribution is 0.122. The number of hydrogen-bond acceptors (Lipinski definition) is 8. The molecule has 0 atom stereocenters. The molecule has 0 spiro atoms. The molecule has 1 saturated heterocycles. The van der Waals surface area contributed by atoms with E-state index < -0.39 is 6.09 Å². The quantitative estimate of drug-likeness (QED) is 0.515. The van der Waals surface area contributed by atoms with E-state index in [-0.39, 0.29) is 6.79 Å². The number of rotatable bonds is 5. The van der Waals surface area contributed by atoms with Crippen LogP contribution >= 0.6 is 27.7 Å². The molecular weight excluding hydrogens is 500 g/mol. The van der Waals surface area contributed by atoms with Gasteiger partial charge in [-0.15, -0.1) is 0 Å². The second-order valence-electron chi connectivity index (χ2n) is 7.72. The van der Waals surface area contributed by atoms with Crippen LogP contribution in [0.5, 0.6) is 11.5 Å². The number of anilines is 1. The van der Waals surface area contributed by atoms with E-state index in [2.05, 4.69) is 30.5 Å². The van der Waals surface area contributed by atoms with Crippen molar-refractivity contribution >= 4 is 50.8 Å². The minimum atomic E-state index is -0.843. The van der Waals surface area contributed by atoms with Crippen LogP contribution in [0, 0.1) is 5.92 Å². The molecule has 4 heterocycles. The molecule has 168 valence electrons. The third kappa shape index (κ3) is 4.04. The van der Waals surface area contributed by atoms with Crippen LogP contribution in [0.2, 0.25) is 0 Å². The third-order valence-corrected chi connectivity index (χ3v) is 7.77. The molecule has 0 radical (unpaired) electrons. The Morgan fingerprint density at radius 2 is 2.00 bits per heavy atom. The van der Waals surface area contributed by atoms with Crippen LogP contribution < -0.4 is 15.2 Å². The molecule has 0 aliphatic carbocycles. The highest BCUT2D eigenvalue weighted by Crippen LogP contribution is 2.43. The third-order valence-electron chi connectivity index (χ3n) is 5.80. The first-order chi connectivity index (χ1) is 15.5. The van der Waals surface area contributed by atoms with Crippen molar-refractivity contribution in [3.05, 3.63) is 22.9 Å². The zero-order valence-corrected chi connectivity index (χ0v) is 19.4. The van der Waals surface area contributed by atoms with Crippen molar-refractivity contribution in [3.63, 3.8) is 0 Å². The summed E-state index contributed by atoms with van der Waals surface area (Å²) in [6.07, 6.45) is 3.22. The number of imidazole rings is 1. The van der Waals surface area contributed by atoms with Gasteiger partial charge in [-0.05, 0) is 53.2 Å². The van der Waals surface area contributed by atoms with E-state index in [1.165, 1.54) is 23.0 Å². The van der Waals surface area contributed by atoms with E-state index in [1.807, 2.05) is 12.1 Å². The number of piperidine rings is 1. The van der Waals surface area contributed by atoms with Gasteiger partial charge in [-0.1, -0.05) is 11.8 Å². The summed E-state index contributed by atoms with van der Waals surface area (Å²) in [4.78, 5) is 26.8. The Kier molecular flexibility index (Phi) is 5.72. The van der Waals surface area contributed by atoms with Crippen molar-refractivity contribution in [3.8, 4) is 11.5 Å². The maximum Gasteiger partial charge on any atom is 0.407 e. The predicted octanol–water partition coefficient (Wildman–Crippen LogP) is 3.83. The van der Waals surface area contributed by atoms with Gasteiger partial charge in [0.1, 0.15) is 6.33 Å². The number of aromatic nitrogens is 4. The van der Waals surface area contributed by atoms with E-state index in [4.69, 9.17) is 20.2 Å². The number of nitrogens with zero attached hydrogens (tertiary/aromatic N) is 5. The van der Waals surface area contributed by atoms with E-state index in [1.54, 1.807) is 0 Å². The Morgan fingerprint density at radius 1 is 1.25 bits per heavy atom. The monoisotopic (exact) mass is 520 g/mol. The first kappa shape index (κ1) is 21.1. The standard InChI is InChI=1S/C20H21BrN6O4S/c21-12-7-13-14(31-10-30-13)8-15(12)32-19-25-16-17(22)23-9-24-18(16)27(19)6-3-11-1-4-26(5-2-11)20(28)29/h7-9,11H,1-6,10H2,(H,28,29)(H2,22,23,24). The number of aryl methyl sites for hydroxylation is 1. The number of benzene rings is 1. The first-order valence-electron chi connectivity index (χ1n) is 10.2. The highest BCUT2D eigenvalue weighted by atomic mass is 79.9. The van der Waals surface area contributed by atoms with Crippen LogP contribution in [0.1, 0.15) is 19.3 Å². The molecule has 0 unspecified atom stereocenters. The van der Waals surface area contributed by atoms with Crippen LogP contribution in [0.15, 0.2) is 33.0 Å². The van der Waals surface area contributed by atoms with Gasteiger partial charge >= 0.3 is 6.09 Å². The lowest BCUT2D eigenvalue weighted by Gasteiger charge is -2.30. The molecule has 2 aliphatic heterocycles. The van der Waals surface area contributed by atoms with Crippen molar-refractivity contribution in [2.75, 3.05) is 25.6 Å². The second-order valence-corrected chi connectivity index (χ2v) is 9.58. The Labute approximate surface area is 196 Å². The second kappa shape index (κ2) is 8.66. The van der Waals surface area contributed by atoms with Crippen molar-refractivity contribution in [1.29, 1.82) is 0 Å². The topological polar surface area (TPSA) is 129 Å². The van der Waals surface area contributed by atoms with Gasteiger partial charge in [0.05, 0.1) is 0 Å². The summed E-state index contributed by atoms with van der Waals surface area (Å²) in [6, 6.07) is 3.82. The average Bonchev–Trinajstić information content (AvgIpc) is 3.37. The number of amides is 1. The summed E-state index contributed by atoms with van der Waals surface area (Å²) < 4.78 is 13.9. The number of nitrogen functional groups attached to an aromatic ring is 1. The number of halogens is 1. The maximum absolute atomic E-state index is 11.2. The van der Waals surface area contributed by atoms with E-state index >= 15 is 0 Å². The predicted molar refractivity (Wildman–Crippen MR) is 121 cm³/mol. The minimum Gasteiger partial charge on any atom is -0.465 e. The molecule has 2 aromatic heterocycles. The zero-order valence-electron chi connectivity index (χ0n) is 17.0. The summed E-state index contributed by atoms with van der Waals surface area (Å²) in [5.41, 5.74) is 7.35. The molecule has 1 aromatic carbocycles. The van der Waals surface area contributed by atoms with Gasteiger partial charge in [-0.25, -0.2) is 19.7 Å². The van der Waals surface area contributed by atoms with Gasteiger partial charge in [0, 0.05) is 29.0 Å². The number of likely N-dealkylation sites (tertiary alicyclic amines) is 1. The number of fused-ring (bicyclic) bond motifs is 2. The average molecular weight is 521 g/mol. The van der Waals surface area contributed by atoms with Crippen molar-refractivity contribution in [2.45, 2.75) is 35.9 Å². The molecule has 1 amide bonds. The normalized spacial score (nSPS) is 16.1. The molecule has 32 heavy (non-hydrogen) atoms. The molecule has 3 N–H and O–H groups in total. The minimum absolute atomic E-state index is 0.210. The Hall–Kier alpha value is -2.73. The highest BCUT2D eigenvalue weighted by Gasteiger charge is 2.24.